The molecule has 0 aliphatic heterocycles. The number of rotatable bonds is 5. The molecule has 0 heterocycles. The maximum absolute atomic E-state index is 10.8. The quantitative estimate of drug-likeness (QED) is 0.473. The standard InChI is InChI=1S/C14H11BrN2O3/c15-13-7-5-11(6-8-13)10-20-16-9-12-3-1-2-4-14(12)17(18)19/h1-9H,10H2/b16-9+. The Bertz CT molecular complexity index is 627. The number of nitro groups is 1. The Hall–Kier alpha value is -2.21. The van der Waals surface area contributed by atoms with Crippen molar-refractivity contribution in [3.05, 3.63) is 74.2 Å². The highest BCUT2D eigenvalue weighted by Gasteiger charge is 2.09. The summed E-state index contributed by atoms with van der Waals surface area (Å²) in [6, 6.07) is 14.0. The van der Waals surface area contributed by atoms with Crippen LogP contribution in [0, 0.1) is 10.1 Å². The first-order valence-electron chi connectivity index (χ1n) is 5.80. The fourth-order valence-corrected chi connectivity index (χ4v) is 1.81. The third-order valence-corrected chi connectivity index (χ3v) is 3.07. The molecule has 6 heteroatoms. The number of benzene rings is 2. The van der Waals surface area contributed by atoms with E-state index in [2.05, 4.69) is 21.1 Å². The zero-order valence-corrected chi connectivity index (χ0v) is 12.0. The molecule has 0 spiro atoms. The van der Waals surface area contributed by atoms with Crippen LogP contribution in [-0.4, -0.2) is 11.1 Å². The van der Waals surface area contributed by atoms with Gasteiger partial charge in [-0.3, -0.25) is 10.1 Å². The predicted octanol–water partition coefficient (Wildman–Crippen LogP) is 3.91. The van der Waals surface area contributed by atoms with Crippen LogP contribution in [0.25, 0.3) is 0 Å². The SMILES string of the molecule is O=[N+]([O-])c1ccccc1/C=N/OCc1ccc(Br)cc1. The van der Waals surface area contributed by atoms with Gasteiger partial charge in [-0.05, 0) is 23.8 Å². The van der Waals surface area contributed by atoms with E-state index in [0.29, 0.717) is 12.2 Å². The molecule has 2 aromatic carbocycles. The number of para-hydroxylation sites is 1. The average molecular weight is 335 g/mol. The topological polar surface area (TPSA) is 64.7 Å². The second-order valence-electron chi connectivity index (χ2n) is 3.95. The van der Waals surface area contributed by atoms with E-state index in [9.17, 15) is 10.1 Å². The second-order valence-corrected chi connectivity index (χ2v) is 4.87. The summed E-state index contributed by atoms with van der Waals surface area (Å²) >= 11 is 3.35. The minimum absolute atomic E-state index is 0.00323. The van der Waals surface area contributed by atoms with Crippen molar-refractivity contribution in [2.24, 2.45) is 5.16 Å². The van der Waals surface area contributed by atoms with Gasteiger partial charge in [0.25, 0.3) is 5.69 Å². The second kappa shape index (κ2) is 6.81. The number of halogens is 1. The molecule has 0 atom stereocenters. The summed E-state index contributed by atoms with van der Waals surface area (Å²) in [6.45, 7) is 0.310. The lowest BCUT2D eigenvalue weighted by Gasteiger charge is -2.00. The molecule has 0 aliphatic carbocycles. The van der Waals surface area contributed by atoms with Crippen molar-refractivity contribution in [1.29, 1.82) is 0 Å². The van der Waals surface area contributed by atoms with Crippen molar-refractivity contribution in [2.75, 3.05) is 0 Å². The number of nitro benzene ring substituents is 1. The van der Waals surface area contributed by atoms with Crippen LogP contribution in [0.1, 0.15) is 11.1 Å². The molecular weight excluding hydrogens is 324 g/mol. The van der Waals surface area contributed by atoms with Crippen LogP contribution in [0.3, 0.4) is 0 Å². The van der Waals surface area contributed by atoms with Crippen molar-refractivity contribution < 1.29 is 9.76 Å². The Morgan fingerprint density at radius 1 is 1.20 bits per heavy atom. The van der Waals surface area contributed by atoms with Crippen molar-refractivity contribution >= 4 is 27.8 Å². The van der Waals surface area contributed by atoms with Crippen molar-refractivity contribution in [3.8, 4) is 0 Å². The number of hydrogen-bond acceptors (Lipinski definition) is 4. The molecule has 5 nitrogen and oxygen atoms in total. The van der Waals surface area contributed by atoms with Crippen LogP contribution < -0.4 is 0 Å². The number of hydrogen-bond donors (Lipinski definition) is 0. The smallest absolute Gasteiger partial charge is 0.278 e. The fraction of sp³-hybridized carbons (Fsp3) is 0.0714. The summed E-state index contributed by atoms with van der Waals surface area (Å²) in [5.74, 6) is 0. The van der Waals surface area contributed by atoms with Gasteiger partial charge in [0.2, 0.25) is 0 Å². The Labute approximate surface area is 124 Å². The number of nitrogens with zero attached hydrogens (tertiary/aromatic N) is 2. The van der Waals surface area contributed by atoms with E-state index in [1.807, 2.05) is 24.3 Å². The van der Waals surface area contributed by atoms with E-state index >= 15 is 0 Å². The highest BCUT2D eigenvalue weighted by Crippen LogP contribution is 2.15. The Morgan fingerprint density at radius 2 is 1.90 bits per heavy atom. The molecule has 2 aromatic rings. The molecule has 0 aliphatic rings. The zero-order chi connectivity index (χ0) is 14.4. The summed E-state index contributed by atoms with van der Waals surface area (Å²) in [6.07, 6.45) is 1.34. The van der Waals surface area contributed by atoms with E-state index < -0.39 is 4.92 Å². The normalized spacial score (nSPS) is 10.7. The van der Waals surface area contributed by atoms with Crippen LogP contribution in [0.5, 0.6) is 0 Å². The molecular formula is C14H11BrN2O3. The van der Waals surface area contributed by atoms with Crippen molar-refractivity contribution in [3.63, 3.8) is 0 Å². The lowest BCUT2D eigenvalue weighted by atomic mass is 10.2. The van der Waals surface area contributed by atoms with Gasteiger partial charge in [-0.25, -0.2) is 0 Å². The van der Waals surface area contributed by atoms with Crippen LogP contribution in [0.4, 0.5) is 5.69 Å². The maximum Gasteiger partial charge on any atom is 0.278 e. The summed E-state index contributed by atoms with van der Waals surface area (Å²) in [5.41, 5.74) is 1.38. The summed E-state index contributed by atoms with van der Waals surface area (Å²) in [7, 11) is 0. The molecule has 0 unspecified atom stereocenters. The van der Waals surface area contributed by atoms with Crippen LogP contribution in [0.15, 0.2) is 58.2 Å². The van der Waals surface area contributed by atoms with Gasteiger partial charge in [0, 0.05) is 10.5 Å². The van der Waals surface area contributed by atoms with E-state index in [0.717, 1.165) is 10.0 Å². The van der Waals surface area contributed by atoms with E-state index in [1.165, 1.54) is 12.3 Å². The first-order valence-corrected chi connectivity index (χ1v) is 6.59. The Morgan fingerprint density at radius 3 is 2.60 bits per heavy atom. The molecule has 0 N–H and O–H groups in total. The van der Waals surface area contributed by atoms with Gasteiger partial charge in [0.15, 0.2) is 0 Å². The van der Waals surface area contributed by atoms with E-state index in [4.69, 9.17) is 4.84 Å². The average Bonchev–Trinajstić information content (AvgIpc) is 2.46. The zero-order valence-electron chi connectivity index (χ0n) is 10.4. The highest BCUT2D eigenvalue weighted by atomic mass is 79.9. The molecule has 0 radical (unpaired) electrons. The van der Waals surface area contributed by atoms with Crippen LogP contribution in [-0.2, 0) is 11.4 Å². The minimum atomic E-state index is -0.448. The fourth-order valence-electron chi connectivity index (χ4n) is 1.55. The summed E-state index contributed by atoms with van der Waals surface area (Å²) in [4.78, 5) is 15.5. The molecule has 2 rings (SSSR count). The Kier molecular flexibility index (Phi) is 4.84. The van der Waals surface area contributed by atoms with Gasteiger partial charge in [-0.2, -0.15) is 0 Å². The van der Waals surface area contributed by atoms with Crippen molar-refractivity contribution in [2.45, 2.75) is 6.61 Å². The largest absolute Gasteiger partial charge is 0.391 e. The molecule has 0 saturated heterocycles. The molecule has 0 bridgehead atoms. The van der Waals surface area contributed by atoms with Gasteiger partial charge in [0.1, 0.15) is 6.61 Å². The minimum Gasteiger partial charge on any atom is -0.391 e. The molecule has 0 amide bonds. The molecule has 0 aromatic heterocycles. The summed E-state index contributed by atoms with van der Waals surface area (Å²) in [5, 5.41) is 14.6. The molecule has 0 saturated carbocycles. The van der Waals surface area contributed by atoms with Gasteiger partial charge in [0.05, 0.1) is 16.7 Å². The molecule has 0 fully saturated rings. The molecule has 20 heavy (non-hydrogen) atoms. The first kappa shape index (κ1) is 14.2. The van der Waals surface area contributed by atoms with Gasteiger partial charge >= 0.3 is 0 Å². The lowest BCUT2D eigenvalue weighted by Crippen LogP contribution is -1.94. The predicted molar refractivity (Wildman–Crippen MR) is 79.6 cm³/mol. The van der Waals surface area contributed by atoms with E-state index in [-0.39, 0.29) is 5.69 Å². The lowest BCUT2D eigenvalue weighted by molar-refractivity contribution is -0.385. The first-order chi connectivity index (χ1) is 9.66. The third-order valence-electron chi connectivity index (χ3n) is 2.54. The molecule has 102 valence electrons. The Balaban J connectivity index is 1.97. The number of oxime groups is 1. The van der Waals surface area contributed by atoms with Crippen LogP contribution >= 0.6 is 15.9 Å². The maximum atomic E-state index is 10.8. The summed E-state index contributed by atoms with van der Waals surface area (Å²) < 4.78 is 0.990. The van der Waals surface area contributed by atoms with Gasteiger partial charge in [-0.1, -0.05) is 45.4 Å². The van der Waals surface area contributed by atoms with Crippen LogP contribution in [0.2, 0.25) is 0 Å². The van der Waals surface area contributed by atoms with Gasteiger partial charge < -0.3 is 4.84 Å². The van der Waals surface area contributed by atoms with Gasteiger partial charge in [-0.15, -0.1) is 0 Å². The third kappa shape index (κ3) is 3.89. The monoisotopic (exact) mass is 334 g/mol. The highest BCUT2D eigenvalue weighted by molar-refractivity contribution is 9.10. The van der Waals surface area contributed by atoms with Crippen molar-refractivity contribution in [1.82, 2.24) is 0 Å². The van der Waals surface area contributed by atoms with E-state index in [1.54, 1.807) is 18.2 Å².